The number of fused-ring (bicyclic) bond motifs is 7. The summed E-state index contributed by atoms with van der Waals surface area (Å²) < 4.78 is 6.33. The molecule has 2 heterocycles. The van der Waals surface area contributed by atoms with Gasteiger partial charge in [-0.2, -0.15) is 0 Å². The minimum absolute atomic E-state index is 0.924. The highest BCUT2D eigenvalue weighted by atomic mass is 16.3. The van der Waals surface area contributed by atoms with E-state index in [1.807, 2.05) is 12.1 Å². The summed E-state index contributed by atoms with van der Waals surface area (Å²) in [5.74, 6) is 0. The minimum Gasteiger partial charge on any atom is -0.455 e. The van der Waals surface area contributed by atoms with Crippen molar-refractivity contribution in [1.82, 2.24) is 4.98 Å². The van der Waals surface area contributed by atoms with Crippen LogP contribution in [0.15, 0.2) is 126 Å². The van der Waals surface area contributed by atoms with Crippen molar-refractivity contribution < 1.29 is 4.42 Å². The molecule has 0 spiro atoms. The molecule has 0 atom stereocenters. The van der Waals surface area contributed by atoms with Gasteiger partial charge in [-0.05, 0) is 40.1 Å². The van der Waals surface area contributed by atoms with E-state index in [9.17, 15) is 0 Å². The fourth-order valence-electron chi connectivity index (χ4n) is 5.75. The quantitative estimate of drug-likeness (QED) is 0.274. The average Bonchev–Trinajstić information content (AvgIpc) is 3.51. The van der Waals surface area contributed by atoms with Crippen molar-refractivity contribution in [2.75, 3.05) is 0 Å². The topological polar surface area (TPSA) is 28.9 Å². The number of aromatic nitrogens is 1. The maximum Gasteiger partial charge on any atom is 0.143 e. The standard InChI is InChI=1S/C34H21NO/c1-2-10-23-21(8-1)9-5-13-25(23)27-14-7-15-28-30-20-22(18-19-31(30)35-33(27)28)24-12-6-16-29-26-11-3-4-17-32(26)36-34(24)29/h1-20,35H. The van der Waals surface area contributed by atoms with Gasteiger partial charge in [0, 0.05) is 38.2 Å². The van der Waals surface area contributed by atoms with Crippen LogP contribution in [0.25, 0.3) is 76.8 Å². The van der Waals surface area contributed by atoms with E-state index in [-0.39, 0.29) is 0 Å². The number of H-pyrrole nitrogens is 1. The van der Waals surface area contributed by atoms with E-state index in [0.29, 0.717) is 0 Å². The van der Waals surface area contributed by atoms with Crippen LogP contribution in [0, 0.1) is 0 Å². The molecule has 0 fully saturated rings. The lowest BCUT2D eigenvalue weighted by Gasteiger charge is -2.08. The van der Waals surface area contributed by atoms with Crippen LogP contribution < -0.4 is 0 Å². The zero-order chi connectivity index (χ0) is 23.6. The molecule has 0 saturated carbocycles. The Kier molecular flexibility index (Phi) is 3.97. The zero-order valence-corrected chi connectivity index (χ0v) is 19.5. The summed E-state index contributed by atoms with van der Waals surface area (Å²) in [6.07, 6.45) is 0. The summed E-state index contributed by atoms with van der Waals surface area (Å²) in [5, 5.41) is 7.28. The minimum atomic E-state index is 0.924. The molecular weight excluding hydrogens is 438 g/mol. The molecule has 36 heavy (non-hydrogen) atoms. The molecule has 2 heteroatoms. The molecule has 0 aliphatic carbocycles. The van der Waals surface area contributed by atoms with Gasteiger partial charge in [0.1, 0.15) is 11.2 Å². The van der Waals surface area contributed by atoms with Crippen molar-refractivity contribution in [2.45, 2.75) is 0 Å². The Labute approximate surface area is 207 Å². The number of aromatic amines is 1. The van der Waals surface area contributed by atoms with Crippen molar-refractivity contribution in [3.8, 4) is 22.3 Å². The number of para-hydroxylation sites is 3. The van der Waals surface area contributed by atoms with E-state index in [1.165, 1.54) is 38.2 Å². The van der Waals surface area contributed by atoms with Gasteiger partial charge in [-0.25, -0.2) is 0 Å². The van der Waals surface area contributed by atoms with Gasteiger partial charge in [-0.1, -0.05) is 103 Å². The summed E-state index contributed by atoms with van der Waals surface area (Å²) in [6, 6.07) is 43.1. The van der Waals surface area contributed by atoms with E-state index in [0.717, 1.165) is 38.6 Å². The maximum absolute atomic E-state index is 6.33. The van der Waals surface area contributed by atoms with Crippen LogP contribution in [0.4, 0.5) is 0 Å². The van der Waals surface area contributed by atoms with Gasteiger partial charge in [0.25, 0.3) is 0 Å². The first-order chi connectivity index (χ1) is 17.8. The Morgan fingerprint density at radius 2 is 1.17 bits per heavy atom. The first-order valence-electron chi connectivity index (χ1n) is 12.3. The van der Waals surface area contributed by atoms with E-state index in [2.05, 4.69) is 114 Å². The third-order valence-corrected chi connectivity index (χ3v) is 7.43. The molecule has 8 rings (SSSR count). The normalized spacial score (nSPS) is 11.9. The lowest BCUT2D eigenvalue weighted by atomic mass is 9.96. The second-order valence-electron chi connectivity index (χ2n) is 9.42. The molecule has 8 aromatic rings. The summed E-state index contributed by atoms with van der Waals surface area (Å²) in [6.45, 7) is 0. The van der Waals surface area contributed by atoms with Gasteiger partial charge >= 0.3 is 0 Å². The molecule has 0 aliphatic rings. The Balaban J connectivity index is 1.37. The van der Waals surface area contributed by atoms with Gasteiger partial charge < -0.3 is 9.40 Å². The largest absolute Gasteiger partial charge is 0.455 e. The molecule has 0 amide bonds. The molecule has 0 radical (unpaired) electrons. The summed E-state index contributed by atoms with van der Waals surface area (Å²) in [5.41, 5.74) is 8.91. The van der Waals surface area contributed by atoms with E-state index in [4.69, 9.17) is 4.42 Å². The molecule has 2 nitrogen and oxygen atoms in total. The van der Waals surface area contributed by atoms with Crippen LogP contribution in [-0.2, 0) is 0 Å². The third kappa shape index (κ3) is 2.73. The number of rotatable bonds is 2. The summed E-state index contributed by atoms with van der Waals surface area (Å²) >= 11 is 0. The van der Waals surface area contributed by atoms with Crippen molar-refractivity contribution in [3.63, 3.8) is 0 Å². The Morgan fingerprint density at radius 1 is 0.472 bits per heavy atom. The highest BCUT2D eigenvalue weighted by Gasteiger charge is 2.15. The van der Waals surface area contributed by atoms with Crippen LogP contribution in [0.3, 0.4) is 0 Å². The molecule has 1 N–H and O–H groups in total. The van der Waals surface area contributed by atoms with Gasteiger partial charge in [0.15, 0.2) is 0 Å². The van der Waals surface area contributed by atoms with Crippen LogP contribution in [0.2, 0.25) is 0 Å². The first-order valence-corrected chi connectivity index (χ1v) is 12.3. The van der Waals surface area contributed by atoms with Gasteiger partial charge in [0.05, 0.1) is 5.52 Å². The van der Waals surface area contributed by atoms with E-state index >= 15 is 0 Å². The van der Waals surface area contributed by atoms with Crippen molar-refractivity contribution >= 4 is 54.5 Å². The molecule has 168 valence electrons. The van der Waals surface area contributed by atoms with Gasteiger partial charge in [0.2, 0.25) is 0 Å². The lowest BCUT2D eigenvalue weighted by Crippen LogP contribution is -1.83. The molecule has 0 aliphatic heterocycles. The van der Waals surface area contributed by atoms with E-state index in [1.54, 1.807) is 0 Å². The number of furan rings is 1. The van der Waals surface area contributed by atoms with Crippen LogP contribution in [0.1, 0.15) is 0 Å². The molecule has 0 bridgehead atoms. The zero-order valence-electron chi connectivity index (χ0n) is 19.5. The number of hydrogen-bond acceptors (Lipinski definition) is 1. The lowest BCUT2D eigenvalue weighted by molar-refractivity contribution is 0.670. The molecule has 2 aromatic heterocycles. The monoisotopic (exact) mass is 459 g/mol. The number of benzene rings is 6. The Hall–Kier alpha value is -4.82. The molecule has 0 saturated heterocycles. The Morgan fingerprint density at radius 3 is 2.11 bits per heavy atom. The highest BCUT2D eigenvalue weighted by molar-refractivity contribution is 6.16. The average molecular weight is 460 g/mol. The predicted molar refractivity (Wildman–Crippen MR) is 151 cm³/mol. The maximum atomic E-state index is 6.33. The van der Waals surface area contributed by atoms with Crippen LogP contribution in [0.5, 0.6) is 0 Å². The summed E-state index contributed by atoms with van der Waals surface area (Å²) in [4.78, 5) is 3.72. The second-order valence-corrected chi connectivity index (χ2v) is 9.42. The van der Waals surface area contributed by atoms with E-state index < -0.39 is 0 Å². The third-order valence-electron chi connectivity index (χ3n) is 7.43. The van der Waals surface area contributed by atoms with Crippen molar-refractivity contribution in [1.29, 1.82) is 0 Å². The van der Waals surface area contributed by atoms with Gasteiger partial charge in [-0.15, -0.1) is 0 Å². The van der Waals surface area contributed by atoms with Gasteiger partial charge in [-0.3, -0.25) is 0 Å². The molecule has 0 unspecified atom stereocenters. The molecule has 6 aromatic carbocycles. The van der Waals surface area contributed by atoms with Crippen LogP contribution in [-0.4, -0.2) is 4.98 Å². The predicted octanol–water partition coefficient (Wildman–Crippen LogP) is 9.71. The fourth-order valence-corrected chi connectivity index (χ4v) is 5.75. The Bertz CT molecular complexity index is 2100. The van der Waals surface area contributed by atoms with Crippen molar-refractivity contribution in [2.24, 2.45) is 0 Å². The fraction of sp³-hybridized carbons (Fsp3) is 0. The summed E-state index contributed by atoms with van der Waals surface area (Å²) in [7, 11) is 0. The highest BCUT2D eigenvalue weighted by Crippen LogP contribution is 2.40. The molecular formula is C34H21NO. The number of nitrogens with one attached hydrogen (secondary N) is 1. The van der Waals surface area contributed by atoms with Crippen molar-refractivity contribution in [3.05, 3.63) is 121 Å². The first kappa shape index (κ1) is 19.5. The number of hydrogen-bond donors (Lipinski definition) is 1. The van der Waals surface area contributed by atoms with Crippen LogP contribution >= 0.6 is 0 Å². The smallest absolute Gasteiger partial charge is 0.143 e. The second kappa shape index (κ2) is 7.34. The SMILES string of the molecule is c1ccc2c(-c3cccc4c3[nH]c3ccc(-c5cccc6c5oc5ccccc56)cc34)cccc2c1.